The molecule has 0 radical (unpaired) electrons. The van der Waals surface area contributed by atoms with Crippen molar-refractivity contribution in [2.75, 3.05) is 24.2 Å². The van der Waals surface area contributed by atoms with E-state index in [1.165, 1.54) is 11.1 Å². The first-order valence-electron chi connectivity index (χ1n) is 12.7. The van der Waals surface area contributed by atoms with Gasteiger partial charge < -0.3 is 10.4 Å². The van der Waals surface area contributed by atoms with Crippen LogP contribution in [0.5, 0.6) is 0 Å². The highest BCUT2D eigenvalue weighted by Gasteiger charge is 2.40. The molecule has 0 spiro atoms. The van der Waals surface area contributed by atoms with Crippen LogP contribution in [0, 0.1) is 0 Å². The molecular formula is C27H31N7OS. The smallest absolute Gasteiger partial charge is 0.191 e. The van der Waals surface area contributed by atoms with Crippen LogP contribution in [0.1, 0.15) is 42.9 Å². The lowest BCUT2D eigenvalue weighted by Gasteiger charge is -2.16. The number of aliphatic hydroxyl groups is 1. The van der Waals surface area contributed by atoms with Gasteiger partial charge in [-0.1, -0.05) is 84.6 Å². The normalized spacial score (nSPS) is 23.8. The Kier molecular flexibility index (Phi) is 6.60. The monoisotopic (exact) mass is 501 g/mol. The van der Waals surface area contributed by atoms with E-state index in [2.05, 4.69) is 69.9 Å². The number of nitrogens with zero attached hydrogens (tertiary/aromatic N) is 6. The molecule has 1 aliphatic heterocycles. The van der Waals surface area contributed by atoms with E-state index in [-0.39, 0.29) is 6.04 Å². The quantitative estimate of drug-likeness (QED) is 0.262. The minimum absolute atomic E-state index is 0.205. The van der Waals surface area contributed by atoms with Gasteiger partial charge in [-0.05, 0) is 24.0 Å². The highest BCUT2D eigenvalue weighted by atomic mass is 32.2. The summed E-state index contributed by atoms with van der Waals surface area (Å²) in [4.78, 5) is 11.9. The van der Waals surface area contributed by atoms with Crippen LogP contribution in [0.4, 0.5) is 5.82 Å². The van der Waals surface area contributed by atoms with E-state index in [1.54, 1.807) is 11.8 Å². The van der Waals surface area contributed by atoms with Crippen LogP contribution in [0.2, 0.25) is 0 Å². The number of hydrogen-bond donors (Lipinski definition) is 2. The van der Waals surface area contributed by atoms with Gasteiger partial charge in [0, 0.05) is 37.3 Å². The standard InChI is InChI=1S/C27H31N7OS/c1-2-13-36-27-29-25(28-21-14-20(21)19-11-7-4-8-12-19)24-26(30-27)34(32-31-24)22-16-33(17-23(22)35)15-18-9-5-3-6-10-18/h3-12,20-23,35H,2,13-17H2,1H3,(H,28,29,30)/t20-,21+,22+,23+/m0/s1. The lowest BCUT2D eigenvalue weighted by Crippen LogP contribution is -2.23. The maximum atomic E-state index is 11.0. The molecule has 36 heavy (non-hydrogen) atoms. The van der Waals surface area contributed by atoms with Crippen molar-refractivity contribution >= 4 is 28.7 Å². The van der Waals surface area contributed by atoms with Crippen LogP contribution in [-0.2, 0) is 6.54 Å². The molecule has 9 heteroatoms. The minimum atomic E-state index is -0.539. The van der Waals surface area contributed by atoms with Crippen molar-refractivity contribution in [3.05, 3.63) is 71.8 Å². The molecule has 3 heterocycles. The molecule has 2 aliphatic rings. The van der Waals surface area contributed by atoms with Crippen molar-refractivity contribution in [3.63, 3.8) is 0 Å². The summed E-state index contributed by atoms with van der Waals surface area (Å²) in [5.41, 5.74) is 3.94. The fourth-order valence-corrected chi connectivity index (χ4v) is 5.74. The van der Waals surface area contributed by atoms with E-state index in [4.69, 9.17) is 9.97 Å². The topological polar surface area (TPSA) is 92.0 Å². The van der Waals surface area contributed by atoms with Gasteiger partial charge in [-0.3, -0.25) is 4.90 Å². The van der Waals surface area contributed by atoms with Gasteiger partial charge in [0.05, 0.1) is 12.1 Å². The number of β-amino-alcohol motifs (C(OH)–C–C–N with tert-alkyl or cyclic N) is 1. The third-order valence-electron chi connectivity index (χ3n) is 6.98. The summed E-state index contributed by atoms with van der Waals surface area (Å²) >= 11 is 1.65. The van der Waals surface area contributed by atoms with Crippen LogP contribution in [0.25, 0.3) is 11.2 Å². The number of nitrogens with one attached hydrogen (secondary N) is 1. The summed E-state index contributed by atoms with van der Waals surface area (Å²) in [5.74, 6) is 2.16. The average molecular weight is 502 g/mol. The Bertz CT molecular complexity index is 1320. The van der Waals surface area contributed by atoms with Gasteiger partial charge >= 0.3 is 0 Å². The predicted molar refractivity (Wildman–Crippen MR) is 142 cm³/mol. The Hall–Kier alpha value is -3.01. The summed E-state index contributed by atoms with van der Waals surface area (Å²) in [6.45, 7) is 4.23. The largest absolute Gasteiger partial charge is 0.389 e. The SMILES string of the molecule is CCCSc1nc(N[C@@H]2C[C@H]2c2ccccc2)c2nnn([C@@H]3CN(Cc4ccccc4)C[C@H]3O)c2n1. The molecule has 186 valence electrons. The fourth-order valence-electron chi connectivity index (χ4n) is 5.05. The van der Waals surface area contributed by atoms with Crippen molar-refractivity contribution in [2.24, 2.45) is 0 Å². The van der Waals surface area contributed by atoms with Crippen LogP contribution in [0.15, 0.2) is 65.8 Å². The van der Waals surface area contributed by atoms with Gasteiger partial charge in [0.15, 0.2) is 22.1 Å². The molecule has 0 bridgehead atoms. The number of aromatic nitrogens is 5. The maximum Gasteiger partial charge on any atom is 0.191 e. The third kappa shape index (κ3) is 4.83. The third-order valence-corrected chi connectivity index (χ3v) is 8.03. The zero-order valence-electron chi connectivity index (χ0n) is 20.4. The second kappa shape index (κ2) is 10.2. The molecule has 0 amide bonds. The van der Waals surface area contributed by atoms with Crippen LogP contribution >= 0.6 is 11.8 Å². The van der Waals surface area contributed by atoms with Gasteiger partial charge in [0.2, 0.25) is 0 Å². The molecule has 1 saturated carbocycles. The van der Waals surface area contributed by atoms with Crippen molar-refractivity contribution in [1.29, 1.82) is 0 Å². The summed E-state index contributed by atoms with van der Waals surface area (Å²) in [5, 5.41) is 24.3. The van der Waals surface area contributed by atoms with Crippen LogP contribution < -0.4 is 5.32 Å². The zero-order chi connectivity index (χ0) is 24.5. The highest BCUT2D eigenvalue weighted by Crippen LogP contribution is 2.43. The number of benzene rings is 2. The van der Waals surface area contributed by atoms with Gasteiger partial charge in [-0.25, -0.2) is 14.6 Å². The first kappa shape index (κ1) is 23.4. The van der Waals surface area contributed by atoms with E-state index < -0.39 is 6.10 Å². The van der Waals surface area contributed by atoms with Crippen molar-refractivity contribution in [3.8, 4) is 0 Å². The van der Waals surface area contributed by atoms with E-state index in [0.717, 1.165) is 36.1 Å². The van der Waals surface area contributed by atoms with Crippen LogP contribution in [-0.4, -0.2) is 66.0 Å². The number of rotatable bonds is 9. The van der Waals surface area contributed by atoms with Crippen molar-refractivity contribution in [1.82, 2.24) is 29.9 Å². The molecular weight excluding hydrogens is 470 g/mol. The molecule has 2 aromatic carbocycles. The van der Waals surface area contributed by atoms with Gasteiger partial charge in [-0.15, -0.1) is 5.10 Å². The second-order valence-corrected chi connectivity index (χ2v) is 10.8. The molecule has 2 aromatic heterocycles. The van der Waals surface area contributed by atoms with E-state index in [0.29, 0.717) is 36.2 Å². The number of aliphatic hydroxyl groups excluding tert-OH is 1. The predicted octanol–water partition coefficient (Wildman–Crippen LogP) is 4.11. The number of fused-ring (bicyclic) bond motifs is 1. The molecule has 6 rings (SSSR count). The Morgan fingerprint density at radius 3 is 2.58 bits per heavy atom. The Labute approximate surface area is 215 Å². The minimum Gasteiger partial charge on any atom is -0.389 e. The Morgan fingerprint density at radius 1 is 1.03 bits per heavy atom. The lowest BCUT2D eigenvalue weighted by molar-refractivity contribution is 0.139. The van der Waals surface area contributed by atoms with E-state index >= 15 is 0 Å². The molecule has 2 fully saturated rings. The number of likely N-dealkylation sites (tertiary alicyclic amines) is 1. The molecule has 8 nitrogen and oxygen atoms in total. The van der Waals surface area contributed by atoms with Crippen molar-refractivity contribution < 1.29 is 5.11 Å². The second-order valence-electron chi connectivity index (χ2n) is 9.73. The average Bonchev–Trinajstić information content (AvgIpc) is 3.39. The zero-order valence-corrected chi connectivity index (χ0v) is 21.2. The van der Waals surface area contributed by atoms with Gasteiger partial charge in [0.1, 0.15) is 0 Å². The maximum absolute atomic E-state index is 11.0. The first-order chi connectivity index (χ1) is 17.7. The van der Waals surface area contributed by atoms with Gasteiger partial charge in [-0.2, -0.15) is 0 Å². The highest BCUT2D eigenvalue weighted by molar-refractivity contribution is 7.99. The number of hydrogen-bond acceptors (Lipinski definition) is 8. The molecule has 1 saturated heterocycles. The number of anilines is 1. The van der Waals surface area contributed by atoms with Crippen molar-refractivity contribution in [2.45, 2.75) is 55.6 Å². The summed E-state index contributed by atoms with van der Waals surface area (Å²) in [6.07, 6.45) is 1.57. The first-order valence-corrected chi connectivity index (χ1v) is 13.7. The van der Waals surface area contributed by atoms with E-state index in [1.807, 2.05) is 22.9 Å². The van der Waals surface area contributed by atoms with E-state index in [9.17, 15) is 5.11 Å². The molecule has 4 aromatic rings. The molecule has 1 aliphatic carbocycles. The van der Waals surface area contributed by atoms with Gasteiger partial charge in [0.25, 0.3) is 0 Å². The summed E-state index contributed by atoms with van der Waals surface area (Å²) in [6, 6.07) is 21.1. The summed E-state index contributed by atoms with van der Waals surface area (Å²) in [7, 11) is 0. The Morgan fingerprint density at radius 2 is 1.81 bits per heavy atom. The molecule has 2 N–H and O–H groups in total. The molecule has 0 unspecified atom stereocenters. The Balaban J connectivity index is 1.26. The fraction of sp³-hybridized carbons (Fsp3) is 0.407. The van der Waals surface area contributed by atoms with Crippen LogP contribution in [0.3, 0.4) is 0 Å². The molecule has 4 atom stereocenters. The summed E-state index contributed by atoms with van der Waals surface area (Å²) < 4.78 is 1.81. The number of thioether (sulfide) groups is 1. The lowest BCUT2D eigenvalue weighted by atomic mass is 10.1.